The molecule has 0 bridgehead atoms. The van der Waals surface area contributed by atoms with Crippen LogP contribution in [0.15, 0.2) is 41.4 Å². The highest BCUT2D eigenvalue weighted by Gasteiger charge is 2.16. The number of hydrogen-bond donors (Lipinski definition) is 0. The Hall–Kier alpha value is -2.54. The smallest absolute Gasteiger partial charge is 0.240 e. The van der Waals surface area contributed by atoms with E-state index in [1.54, 1.807) is 11.0 Å². The van der Waals surface area contributed by atoms with Gasteiger partial charge in [-0.2, -0.15) is 10.1 Å². The van der Waals surface area contributed by atoms with Gasteiger partial charge in [-0.15, -0.1) is 0 Å². The summed E-state index contributed by atoms with van der Waals surface area (Å²) in [5.41, 5.74) is 2.20. The van der Waals surface area contributed by atoms with Crippen molar-refractivity contribution >= 4 is 0 Å². The molecule has 0 aliphatic carbocycles. The van der Waals surface area contributed by atoms with E-state index >= 15 is 0 Å². The van der Waals surface area contributed by atoms with Crippen molar-refractivity contribution in [3.8, 4) is 5.69 Å². The van der Waals surface area contributed by atoms with Crippen LogP contribution in [0.2, 0.25) is 0 Å². The van der Waals surface area contributed by atoms with Crippen LogP contribution in [0.5, 0.6) is 0 Å². The fourth-order valence-electron chi connectivity index (χ4n) is 2.42. The third kappa shape index (κ3) is 3.51. The summed E-state index contributed by atoms with van der Waals surface area (Å²) in [5.74, 6) is 1.67. The Morgan fingerprint density at radius 2 is 1.92 bits per heavy atom. The number of nitrogens with zero attached hydrogens (tertiary/aromatic N) is 6. The minimum atomic E-state index is 0.226. The van der Waals surface area contributed by atoms with Crippen LogP contribution >= 0.6 is 0 Å². The average Bonchev–Trinajstić information content (AvgIpc) is 3.26. The lowest BCUT2D eigenvalue weighted by molar-refractivity contribution is 0.216. The first-order chi connectivity index (χ1) is 11.5. The second-order valence-electron chi connectivity index (χ2n) is 6.22. The zero-order valence-electron chi connectivity index (χ0n) is 14.4. The van der Waals surface area contributed by atoms with Crippen LogP contribution in [0, 0.1) is 0 Å². The molecule has 0 aliphatic rings. The molecule has 0 unspecified atom stereocenters. The highest BCUT2D eigenvalue weighted by Crippen LogP contribution is 2.22. The monoisotopic (exact) mass is 326 g/mol. The molecule has 7 heteroatoms. The lowest BCUT2D eigenvalue weighted by Crippen LogP contribution is -2.22. The van der Waals surface area contributed by atoms with Gasteiger partial charge in [0.05, 0.1) is 12.2 Å². The summed E-state index contributed by atoms with van der Waals surface area (Å²) in [6.45, 7) is 6.88. The Morgan fingerprint density at radius 3 is 2.50 bits per heavy atom. The second kappa shape index (κ2) is 6.92. The van der Waals surface area contributed by atoms with Gasteiger partial charge < -0.3 is 4.52 Å². The van der Waals surface area contributed by atoms with E-state index in [1.165, 1.54) is 11.9 Å². The first kappa shape index (κ1) is 16.3. The SMILES string of the molecule is CC(C)c1noc(CN(C)[C@@H](C)c2ccc(-n3cncn3)cc2)n1. The van der Waals surface area contributed by atoms with Crippen molar-refractivity contribution < 1.29 is 4.52 Å². The maximum atomic E-state index is 5.33. The van der Waals surface area contributed by atoms with Crippen LogP contribution in [0.1, 0.15) is 50.0 Å². The number of rotatable bonds is 6. The van der Waals surface area contributed by atoms with E-state index in [0.29, 0.717) is 12.4 Å². The Kier molecular flexibility index (Phi) is 4.71. The standard InChI is InChI=1S/C17H22N6O/c1-12(2)17-20-16(24-21-17)9-22(4)13(3)14-5-7-15(8-6-14)23-11-18-10-19-23/h5-8,10-13H,9H2,1-4H3/t13-/m0/s1. The molecule has 0 amide bonds. The predicted octanol–water partition coefficient (Wildman–Crippen LogP) is 2.97. The van der Waals surface area contributed by atoms with E-state index in [9.17, 15) is 0 Å². The second-order valence-corrected chi connectivity index (χ2v) is 6.22. The first-order valence-electron chi connectivity index (χ1n) is 8.02. The Morgan fingerprint density at radius 1 is 1.17 bits per heavy atom. The molecule has 0 N–H and O–H groups in total. The predicted molar refractivity (Wildman–Crippen MR) is 89.6 cm³/mol. The molecule has 0 radical (unpaired) electrons. The van der Waals surface area contributed by atoms with Crippen molar-refractivity contribution in [3.63, 3.8) is 0 Å². The highest BCUT2D eigenvalue weighted by molar-refractivity contribution is 5.34. The molecule has 3 aromatic rings. The minimum absolute atomic E-state index is 0.226. The molecule has 0 saturated carbocycles. The maximum absolute atomic E-state index is 5.33. The number of hydrogen-bond acceptors (Lipinski definition) is 6. The average molecular weight is 326 g/mol. The molecule has 1 aromatic carbocycles. The third-order valence-electron chi connectivity index (χ3n) is 4.10. The largest absolute Gasteiger partial charge is 0.338 e. The van der Waals surface area contributed by atoms with E-state index in [4.69, 9.17) is 4.52 Å². The summed E-state index contributed by atoms with van der Waals surface area (Å²) < 4.78 is 7.07. The molecular formula is C17H22N6O. The quantitative estimate of drug-likeness (QED) is 0.693. The van der Waals surface area contributed by atoms with Gasteiger partial charge in [-0.25, -0.2) is 9.67 Å². The van der Waals surface area contributed by atoms with Gasteiger partial charge in [0.1, 0.15) is 12.7 Å². The first-order valence-corrected chi connectivity index (χ1v) is 8.02. The van der Waals surface area contributed by atoms with Crippen molar-refractivity contribution in [2.24, 2.45) is 0 Å². The van der Waals surface area contributed by atoms with Gasteiger partial charge >= 0.3 is 0 Å². The van der Waals surface area contributed by atoms with Crippen LogP contribution in [0.4, 0.5) is 0 Å². The topological polar surface area (TPSA) is 72.9 Å². The molecule has 24 heavy (non-hydrogen) atoms. The van der Waals surface area contributed by atoms with Crippen molar-refractivity contribution in [1.29, 1.82) is 0 Å². The summed E-state index contributed by atoms with van der Waals surface area (Å²) in [7, 11) is 2.05. The normalized spacial score (nSPS) is 12.9. The third-order valence-corrected chi connectivity index (χ3v) is 4.10. The Bertz CT molecular complexity index is 763. The Balaban J connectivity index is 1.67. The molecule has 2 aromatic heterocycles. The van der Waals surface area contributed by atoms with Crippen molar-refractivity contribution in [2.45, 2.75) is 39.3 Å². The zero-order valence-corrected chi connectivity index (χ0v) is 14.4. The molecule has 0 fully saturated rings. The molecule has 0 spiro atoms. The van der Waals surface area contributed by atoms with Gasteiger partial charge in [0.2, 0.25) is 5.89 Å². The van der Waals surface area contributed by atoms with E-state index in [-0.39, 0.29) is 12.0 Å². The van der Waals surface area contributed by atoms with Gasteiger partial charge in [0.25, 0.3) is 0 Å². The van der Waals surface area contributed by atoms with Crippen LogP contribution in [-0.2, 0) is 6.54 Å². The molecule has 7 nitrogen and oxygen atoms in total. The summed E-state index contributed by atoms with van der Waals surface area (Å²) in [4.78, 5) is 10.6. The van der Waals surface area contributed by atoms with Crippen molar-refractivity contribution in [3.05, 3.63) is 54.2 Å². The lowest BCUT2D eigenvalue weighted by atomic mass is 10.1. The molecular weight excluding hydrogens is 304 g/mol. The molecule has 0 saturated heterocycles. The van der Waals surface area contributed by atoms with Crippen LogP contribution in [0.25, 0.3) is 5.69 Å². The Labute approximate surface area is 141 Å². The van der Waals surface area contributed by atoms with Gasteiger partial charge in [0, 0.05) is 12.0 Å². The fraction of sp³-hybridized carbons (Fsp3) is 0.412. The van der Waals surface area contributed by atoms with Crippen molar-refractivity contribution in [2.75, 3.05) is 7.05 Å². The maximum Gasteiger partial charge on any atom is 0.240 e. The summed E-state index contributed by atoms with van der Waals surface area (Å²) >= 11 is 0. The van der Waals surface area contributed by atoms with Gasteiger partial charge in [0.15, 0.2) is 5.82 Å². The van der Waals surface area contributed by atoms with E-state index < -0.39 is 0 Å². The van der Waals surface area contributed by atoms with Crippen LogP contribution in [0.3, 0.4) is 0 Å². The molecule has 1 atom stereocenters. The summed E-state index contributed by atoms with van der Waals surface area (Å²) in [6, 6.07) is 8.51. The van der Waals surface area contributed by atoms with Crippen molar-refractivity contribution in [1.82, 2.24) is 29.8 Å². The van der Waals surface area contributed by atoms with Gasteiger partial charge in [-0.05, 0) is 31.7 Å². The zero-order chi connectivity index (χ0) is 17.1. The minimum Gasteiger partial charge on any atom is -0.338 e. The van der Waals surface area contributed by atoms with E-state index in [1.807, 2.05) is 12.1 Å². The van der Waals surface area contributed by atoms with Gasteiger partial charge in [-0.3, -0.25) is 4.90 Å². The summed E-state index contributed by atoms with van der Waals surface area (Å²) in [6.07, 6.45) is 3.21. The molecule has 2 heterocycles. The van der Waals surface area contributed by atoms with E-state index in [2.05, 4.69) is 65.1 Å². The van der Waals surface area contributed by atoms with Crippen LogP contribution < -0.4 is 0 Å². The molecule has 126 valence electrons. The van der Waals surface area contributed by atoms with E-state index in [0.717, 1.165) is 11.5 Å². The number of aromatic nitrogens is 5. The highest BCUT2D eigenvalue weighted by atomic mass is 16.5. The number of benzene rings is 1. The molecule has 0 aliphatic heterocycles. The summed E-state index contributed by atoms with van der Waals surface area (Å²) in [5, 5.41) is 8.15. The van der Waals surface area contributed by atoms with Crippen LogP contribution in [-0.4, -0.2) is 36.9 Å². The fourth-order valence-corrected chi connectivity index (χ4v) is 2.42. The molecule has 3 rings (SSSR count). The lowest BCUT2D eigenvalue weighted by Gasteiger charge is -2.23. The van der Waals surface area contributed by atoms with Gasteiger partial charge in [-0.1, -0.05) is 31.1 Å².